The Bertz CT molecular complexity index is 397. The Balaban J connectivity index is 1.91. The highest BCUT2D eigenvalue weighted by Crippen LogP contribution is 2.40. The minimum Gasteiger partial charge on any atom is -0.497 e. The minimum absolute atomic E-state index is 0.291. The van der Waals surface area contributed by atoms with Gasteiger partial charge < -0.3 is 15.4 Å². The number of ether oxygens (including phenoxy) is 1. The molecule has 86 valence electrons. The van der Waals surface area contributed by atoms with Crippen molar-refractivity contribution in [3.63, 3.8) is 0 Å². The van der Waals surface area contributed by atoms with E-state index in [0.717, 1.165) is 12.3 Å². The van der Waals surface area contributed by atoms with Gasteiger partial charge in [0.2, 0.25) is 0 Å². The highest BCUT2D eigenvalue weighted by molar-refractivity contribution is 5.74. The summed E-state index contributed by atoms with van der Waals surface area (Å²) in [6.45, 7) is 1.05. The molecule has 1 aromatic carbocycles. The van der Waals surface area contributed by atoms with E-state index in [-0.39, 0.29) is 0 Å². The Morgan fingerprint density at radius 1 is 1.19 bits per heavy atom. The topological polar surface area (TPSA) is 33.3 Å². The summed E-state index contributed by atoms with van der Waals surface area (Å²) < 4.78 is 5.26. The van der Waals surface area contributed by atoms with Crippen molar-refractivity contribution >= 4 is 11.4 Å². The molecule has 0 amide bonds. The summed E-state index contributed by atoms with van der Waals surface area (Å²) in [5, 5.41) is 7.23. The quantitative estimate of drug-likeness (QED) is 0.760. The molecule has 0 unspecified atom stereocenters. The molecule has 0 atom stereocenters. The molecular formula is C13H18N2O. The van der Waals surface area contributed by atoms with Crippen LogP contribution in [0, 0.1) is 0 Å². The van der Waals surface area contributed by atoms with E-state index in [1.807, 2.05) is 6.07 Å². The SMILES string of the molecule is COc1ccc2c(c1)NC1(CCCC1)CN2. The molecule has 1 saturated carbocycles. The van der Waals surface area contributed by atoms with Crippen LogP contribution < -0.4 is 15.4 Å². The van der Waals surface area contributed by atoms with Gasteiger partial charge in [-0.3, -0.25) is 0 Å². The van der Waals surface area contributed by atoms with Crippen molar-refractivity contribution in [3.8, 4) is 5.75 Å². The fraction of sp³-hybridized carbons (Fsp3) is 0.538. The maximum absolute atomic E-state index is 5.26. The van der Waals surface area contributed by atoms with Gasteiger partial charge in [0, 0.05) is 12.6 Å². The highest BCUT2D eigenvalue weighted by atomic mass is 16.5. The molecule has 1 spiro atoms. The lowest BCUT2D eigenvalue weighted by atomic mass is 9.94. The molecule has 1 fully saturated rings. The lowest BCUT2D eigenvalue weighted by Gasteiger charge is -2.37. The molecule has 1 aliphatic heterocycles. The van der Waals surface area contributed by atoms with Gasteiger partial charge in [0.25, 0.3) is 0 Å². The first-order chi connectivity index (χ1) is 7.81. The van der Waals surface area contributed by atoms with E-state index in [0.29, 0.717) is 5.54 Å². The smallest absolute Gasteiger partial charge is 0.121 e. The Morgan fingerprint density at radius 3 is 2.75 bits per heavy atom. The van der Waals surface area contributed by atoms with Crippen molar-refractivity contribution in [2.45, 2.75) is 31.2 Å². The molecule has 0 aromatic heterocycles. The monoisotopic (exact) mass is 218 g/mol. The first-order valence-corrected chi connectivity index (χ1v) is 6.01. The Hall–Kier alpha value is -1.38. The highest BCUT2D eigenvalue weighted by Gasteiger charge is 2.36. The van der Waals surface area contributed by atoms with Gasteiger partial charge in [-0.25, -0.2) is 0 Å². The average Bonchev–Trinajstić information content (AvgIpc) is 2.76. The van der Waals surface area contributed by atoms with E-state index in [9.17, 15) is 0 Å². The zero-order valence-electron chi connectivity index (χ0n) is 9.68. The molecule has 1 aliphatic carbocycles. The van der Waals surface area contributed by atoms with Crippen LogP contribution in [0.4, 0.5) is 11.4 Å². The van der Waals surface area contributed by atoms with Gasteiger partial charge in [-0.15, -0.1) is 0 Å². The Kier molecular flexibility index (Phi) is 2.20. The lowest BCUT2D eigenvalue weighted by Crippen LogP contribution is -2.45. The van der Waals surface area contributed by atoms with E-state index in [4.69, 9.17) is 4.74 Å². The van der Waals surface area contributed by atoms with Crippen molar-refractivity contribution < 1.29 is 4.74 Å². The number of methoxy groups -OCH3 is 1. The van der Waals surface area contributed by atoms with E-state index >= 15 is 0 Å². The zero-order valence-corrected chi connectivity index (χ0v) is 9.68. The number of anilines is 2. The summed E-state index contributed by atoms with van der Waals surface area (Å²) in [4.78, 5) is 0. The summed E-state index contributed by atoms with van der Waals surface area (Å²) in [5.74, 6) is 0.920. The fourth-order valence-corrected chi connectivity index (χ4v) is 2.86. The fourth-order valence-electron chi connectivity index (χ4n) is 2.86. The standard InChI is InChI=1S/C13H18N2O/c1-16-10-4-5-11-12(8-10)15-13(9-14-11)6-2-3-7-13/h4-5,8,14-15H,2-3,6-7,9H2,1H3. The molecule has 1 heterocycles. The van der Waals surface area contributed by atoms with Gasteiger partial charge in [0.1, 0.15) is 5.75 Å². The van der Waals surface area contributed by atoms with Gasteiger partial charge in [0.05, 0.1) is 24.0 Å². The number of benzene rings is 1. The summed E-state index contributed by atoms with van der Waals surface area (Å²) in [5.41, 5.74) is 2.67. The van der Waals surface area contributed by atoms with Crippen LogP contribution in [0.1, 0.15) is 25.7 Å². The van der Waals surface area contributed by atoms with Crippen molar-refractivity contribution in [2.24, 2.45) is 0 Å². The van der Waals surface area contributed by atoms with Crippen molar-refractivity contribution in [2.75, 3.05) is 24.3 Å². The van der Waals surface area contributed by atoms with Crippen molar-refractivity contribution in [1.29, 1.82) is 0 Å². The molecule has 0 saturated heterocycles. The van der Waals surface area contributed by atoms with E-state index < -0.39 is 0 Å². The summed E-state index contributed by atoms with van der Waals surface area (Å²) in [6.07, 6.45) is 5.23. The third-order valence-corrected chi connectivity index (χ3v) is 3.80. The van der Waals surface area contributed by atoms with Crippen LogP contribution >= 0.6 is 0 Å². The first-order valence-electron chi connectivity index (χ1n) is 6.01. The second-order valence-electron chi connectivity index (χ2n) is 4.88. The second-order valence-corrected chi connectivity index (χ2v) is 4.88. The van der Waals surface area contributed by atoms with Crippen LogP contribution in [-0.4, -0.2) is 19.2 Å². The average molecular weight is 218 g/mol. The van der Waals surface area contributed by atoms with Crippen molar-refractivity contribution in [3.05, 3.63) is 18.2 Å². The molecule has 3 nitrogen and oxygen atoms in total. The van der Waals surface area contributed by atoms with Crippen LogP contribution in [-0.2, 0) is 0 Å². The molecule has 0 radical (unpaired) electrons. The van der Waals surface area contributed by atoms with E-state index in [1.54, 1.807) is 7.11 Å². The Labute approximate surface area is 96.2 Å². The summed E-state index contributed by atoms with van der Waals surface area (Å²) in [6, 6.07) is 6.17. The number of nitrogens with one attached hydrogen (secondary N) is 2. The molecule has 2 N–H and O–H groups in total. The third-order valence-electron chi connectivity index (χ3n) is 3.80. The number of hydrogen-bond acceptors (Lipinski definition) is 3. The van der Waals surface area contributed by atoms with Crippen LogP contribution in [0.15, 0.2) is 18.2 Å². The van der Waals surface area contributed by atoms with Crippen LogP contribution in [0.25, 0.3) is 0 Å². The van der Waals surface area contributed by atoms with Gasteiger partial charge in [-0.1, -0.05) is 12.8 Å². The molecule has 2 aliphatic rings. The summed E-state index contributed by atoms with van der Waals surface area (Å²) in [7, 11) is 1.71. The lowest BCUT2D eigenvalue weighted by molar-refractivity contribution is 0.414. The zero-order chi connectivity index (χ0) is 11.0. The molecule has 3 heteroatoms. The molecule has 0 bridgehead atoms. The largest absolute Gasteiger partial charge is 0.497 e. The molecule has 16 heavy (non-hydrogen) atoms. The predicted molar refractivity (Wildman–Crippen MR) is 66.3 cm³/mol. The van der Waals surface area contributed by atoms with E-state index in [1.165, 1.54) is 37.1 Å². The number of fused-ring (bicyclic) bond motifs is 1. The minimum atomic E-state index is 0.291. The maximum Gasteiger partial charge on any atom is 0.121 e. The normalized spacial score (nSPS) is 21.1. The van der Waals surface area contributed by atoms with Gasteiger partial charge >= 0.3 is 0 Å². The predicted octanol–water partition coefficient (Wildman–Crippen LogP) is 2.85. The number of hydrogen-bond donors (Lipinski definition) is 2. The molecule has 3 rings (SSSR count). The van der Waals surface area contributed by atoms with Crippen LogP contribution in [0.2, 0.25) is 0 Å². The second kappa shape index (κ2) is 3.58. The Morgan fingerprint density at radius 2 is 2.00 bits per heavy atom. The van der Waals surface area contributed by atoms with Crippen LogP contribution in [0.5, 0.6) is 5.75 Å². The van der Waals surface area contributed by atoms with Gasteiger partial charge in [0.15, 0.2) is 0 Å². The number of rotatable bonds is 1. The molecular weight excluding hydrogens is 200 g/mol. The summed E-state index contributed by atoms with van der Waals surface area (Å²) >= 11 is 0. The van der Waals surface area contributed by atoms with Crippen LogP contribution in [0.3, 0.4) is 0 Å². The van der Waals surface area contributed by atoms with Crippen molar-refractivity contribution in [1.82, 2.24) is 0 Å². The van der Waals surface area contributed by atoms with Gasteiger partial charge in [-0.05, 0) is 25.0 Å². The van der Waals surface area contributed by atoms with E-state index in [2.05, 4.69) is 22.8 Å². The maximum atomic E-state index is 5.26. The van der Waals surface area contributed by atoms with Gasteiger partial charge in [-0.2, -0.15) is 0 Å². The third kappa shape index (κ3) is 1.51. The molecule has 1 aromatic rings. The first kappa shape index (κ1) is 9.82.